The molecule has 0 radical (unpaired) electrons. The number of fused-ring (bicyclic) bond motifs is 1. The molecule has 0 saturated carbocycles. The molecule has 7 nitrogen and oxygen atoms in total. The lowest BCUT2D eigenvalue weighted by atomic mass is 10.0. The SMILES string of the molecule is Cc1ccc(-c2cc(C(=O)NNC(=O)c3cc(C)[nH]n3)c3ccccc3n2)cc1. The van der Waals surface area contributed by atoms with Gasteiger partial charge in [-0.1, -0.05) is 48.0 Å². The first kappa shape index (κ1) is 18.4. The number of nitrogens with one attached hydrogen (secondary N) is 3. The summed E-state index contributed by atoms with van der Waals surface area (Å²) in [4.78, 5) is 29.7. The third kappa shape index (κ3) is 3.84. The maximum absolute atomic E-state index is 12.9. The van der Waals surface area contributed by atoms with E-state index < -0.39 is 11.8 Å². The van der Waals surface area contributed by atoms with Gasteiger partial charge in [0.05, 0.1) is 16.8 Å². The third-order valence-electron chi connectivity index (χ3n) is 4.54. The maximum Gasteiger partial charge on any atom is 0.290 e. The number of hydrazine groups is 1. The van der Waals surface area contributed by atoms with Gasteiger partial charge in [0, 0.05) is 16.6 Å². The highest BCUT2D eigenvalue weighted by Crippen LogP contribution is 2.25. The highest BCUT2D eigenvalue weighted by atomic mass is 16.2. The Hall–Kier alpha value is -4.00. The molecule has 0 spiro atoms. The Morgan fingerprint density at radius 3 is 2.34 bits per heavy atom. The van der Waals surface area contributed by atoms with Crippen LogP contribution >= 0.6 is 0 Å². The van der Waals surface area contributed by atoms with Crippen molar-refractivity contribution in [2.75, 3.05) is 0 Å². The molecule has 4 rings (SSSR count). The molecule has 4 aromatic rings. The number of hydrogen-bond donors (Lipinski definition) is 3. The predicted molar refractivity (Wildman–Crippen MR) is 110 cm³/mol. The fourth-order valence-corrected chi connectivity index (χ4v) is 3.01. The van der Waals surface area contributed by atoms with Crippen LogP contribution in [0.1, 0.15) is 32.1 Å². The van der Waals surface area contributed by atoms with E-state index >= 15 is 0 Å². The van der Waals surface area contributed by atoms with Crippen molar-refractivity contribution in [3.63, 3.8) is 0 Å². The molecule has 0 aliphatic heterocycles. The number of rotatable bonds is 3. The first-order chi connectivity index (χ1) is 14.0. The summed E-state index contributed by atoms with van der Waals surface area (Å²) >= 11 is 0. The molecule has 0 atom stereocenters. The van der Waals surface area contributed by atoms with E-state index in [0.29, 0.717) is 22.2 Å². The lowest BCUT2D eigenvalue weighted by molar-refractivity contribution is 0.0845. The Morgan fingerprint density at radius 1 is 0.897 bits per heavy atom. The molecular weight excluding hydrogens is 366 g/mol. The predicted octanol–water partition coefficient (Wildman–Crippen LogP) is 3.32. The van der Waals surface area contributed by atoms with Gasteiger partial charge >= 0.3 is 0 Å². The second-order valence-electron chi connectivity index (χ2n) is 6.78. The molecule has 0 saturated heterocycles. The number of carbonyl (C=O) groups is 2. The number of carbonyl (C=O) groups excluding carboxylic acids is 2. The number of para-hydroxylation sites is 1. The van der Waals surface area contributed by atoms with Crippen LogP contribution in [0.5, 0.6) is 0 Å². The van der Waals surface area contributed by atoms with Crippen LogP contribution in [0, 0.1) is 13.8 Å². The van der Waals surface area contributed by atoms with E-state index in [4.69, 9.17) is 0 Å². The summed E-state index contributed by atoms with van der Waals surface area (Å²) in [6, 6.07) is 18.7. The van der Waals surface area contributed by atoms with Crippen LogP contribution in [0.25, 0.3) is 22.2 Å². The number of nitrogens with zero attached hydrogens (tertiary/aromatic N) is 2. The van der Waals surface area contributed by atoms with Crippen LogP contribution in [-0.4, -0.2) is 27.0 Å². The van der Waals surface area contributed by atoms with Crippen molar-refractivity contribution >= 4 is 22.7 Å². The summed E-state index contributed by atoms with van der Waals surface area (Å²) in [5.74, 6) is -0.933. The van der Waals surface area contributed by atoms with Gasteiger partial charge in [-0.25, -0.2) is 4.98 Å². The van der Waals surface area contributed by atoms with Gasteiger partial charge in [0.2, 0.25) is 0 Å². The summed E-state index contributed by atoms with van der Waals surface area (Å²) in [5.41, 5.74) is 9.67. The van der Waals surface area contributed by atoms with E-state index in [0.717, 1.165) is 16.8 Å². The van der Waals surface area contributed by atoms with Crippen molar-refractivity contribution in [2.24, 2.45) is 0 Å². The van der Waals surface area contributed by atoms with Crippen LogP contribution in [0.2, 0.25) is 0 Å². The molecule has 2 aromatic heterocycles. The first-order valence-corrected chi connectivity index (χ1v) is 9.11. The Kier molecular flexibility index (Phi) is 4.78. The average molecular weight is 385 g/mol. The van der Waals surface area contributed by atoms with Crippen molar-refractivity contribution in [1.29, 1.82) is 0 Å². The Morgan fingerprint density at radius 2 is 1.62 bits per heavy atom. The van der Waals surface area contributed by atoms with Gasteiger partial charge in [-0.15, -0.1) is 0 Å². The molecule has 2 amide bonds. The van der Waals surface area contributed by atoms with Crippen LogP contribution in [-0.2, 0) is 0 Å². The molecule has 2 aromatic carbocycles. The molecule has 2 heterocycles. The number of amides is 2. The van der Waals surface area contributed by atoms with Crippen molar-refractivity contribution < 1.29 is 9.59 Å². The first-order valence-electron chi connectivity index (χ1n) is 9.11. The van der Waals surface area contributed by atoms with E-state index in [1.165, 1.54) is 0 Å². The van der Waals surface area contributed by atoms with E-state index in [-0.39, 0.29) is 5.69 Å². The number of H-pyrrole nitrogens is 1. The Labute approximate surface area is 167 Å². The van der Waals surface area contributed by atoms with Crippen molar-refractivity contribution in [3.05, 3.63) is 83.2 Å². The van der Waals surface area contributed by atoms with Crippen LogP contribution < -0.4 is 10.9 Å². The zero-order chi connectivity index (χ0) is 20.4. The molecule has 0 aliphatic rings. The number of benzene rings is 2. The zero-order valence-corrected chi connectivity index (χ0v) is 16.0. The van der Waals surface area contributed by atoms with Crippen LogP contribution in [0.4, 0.5) is 0 Å². The van der Waals surface area contributed by atoms with Gasteiger partial charge in [-0.2, -0.15) is 5.10 Å². The normalized spacial score (nSPS) is 10.7. The monoisotopic (exact) mass is 385 g/mol. The summed E-state index contributed by atoms with van der Waals surface area (Å²) < 4.78 is 0. The minimum absolute atomic E-state index is 0.197. The van der Waals surface area contributed by atoms with Crippen molar-refractivity contribution in [2.45, 2.75) is 13.8 Å². The Balaban J connectivity index is 1.65. The smallest absolute Gasteiger partial charge is 0.282 e. The molecule has 7 heteroatoms. The second kappa shape index (κ2) is 7.55. The standard InChI is InChI=1S/C22H19N5O2/c1-13-7-9-15(10-8-13)19-12-17(16-5-3-4-6-18(16)23-19)21(28)26-27-22(29)20-11-14(2)24-25-20/h3-12H,1-2H3,(H,24,25)(H,26,28)(H,27,29). The van der Waals surface area contributed by atoms with Gasteiger partial charge in [0.25, 0.3) is 11.8 Å². The maximum atomic E-state index is 12.9. The topological polar surface area (TPSA) is 99.8 Å². The molecule has 3 N–H and O–H groups in total. The minimum Gasteiger partial charge on any atom is -0.282 e. The van der Waals surface area contributed by atoms with E-state index in [1.807, 2.05) is 55.5 Å². The summed E-state index contributed by atoms with van der Waals surface area (Å²) in [6.07, 6.45) is 0. The number of hydrogen-bond acceptors (Lipinski definition) is 4. The van der Waals surface area contributed by atoms with Gasteiger partial charge in [-0.05, 0) is 32.0 Å². The van der Waals surface area contributed by atoms with Crippen molar-refractivity contribution in [3.8, 4) is 11.3 Å². The molecule has 144 valence electrons. The molecule has 0 unspecified atom stereocenters. The summed E-state index contributed by atoms with van der Waals surface area (Å²) in [7, 11) is 0. The molecule has 29 heavy (non-hydrogen) atoms. The van der Waals surface area contributed by atoms with Gasteiger partial charge < -0.3 is 0 Å². The van der Waals surface area contributed by atoms with Gasteiger partial charge in [0.1, 0.15) is 0 Å². The highest BCUT2D eigenvalue weighted by Gasteiger charge is 2.16. The summed E-state index contributed by atoms with van der Waals surface area (Å²) in [6.45, 7) is 3.80. The lowest BCUT2D eigenvalue weighted by Gasteiger charge is -2.11. The molecular formula is C22H19N5O2. The zero-order valence-electron chi connectivity index (χ0n) is 16.0. The number of aromatic nitrogens is 3. The minimum atomic E-state index is -0.500. The second-order valence-corrected chi connectivity index (χ2v) is 6.78. The summed E-state index contributed by atoms with van der Waals surface area (Å²) in [5, 5.41) is 7.27. The van der Waals surface area contributed by atoms with E-state index in [1.54, 1.807) is 19.1 Å². The number of aryl methyl sites for hydroxylation is 2. The average Bonchev–Trinajstić information content (AvgIpc) is 3.18. The Bertz CT molecular complexity index is 1210. The van der Waals surface area contributed by atoms with Crippen LogP contribution in [0.3, 0.4) is 0 Å². The molecule has 0 aliphatic carbocycles. The van der Waals surface area contributed by atoms with Gasteiger partial charge in [-0.3, -0.25) is 25.5 Å². The fraction of sp³-hybridized carbons (Fsp3) is 0.0909. The fourth-order valence-electron chi connectivity index (χ4n) is 3.01. The molecule has 0 fully saturated rings. The van der Waals surface area contributed by atoms with E-state index in [2.05, 4.69) is 26.0 Å². The molecule has 0 bridgehead atoms. The highest BCUT2D eigenvalue weighted by molar-refractivity contribution is 6.08. The quantitative estimate of drug-likeness (QED) is 0.471. The van der Waals surface area contributed by atoms with Gasteiger partial charge in [0.15, 0.2) is 5.69 Å². The van der Waals surface area contributed by atoms with Crippen LogP contribution in [0.15, 0.2) is 60.7 Å². The van der Waals surface area contributed by atoms with Crippen molar-refractivity contribution in [1.82, 2.24) is 26.0 Å². The third-order valence-corrected chi connectivity index (χ3v) is 4.54. The lowest BCUT2D eigenvalue weighted by Crippen LogP contribution is -2.41. The number of pyridine rings is 1. The number of aromatic amines is 1. The largest absolute Gasteiger partial charge is 0.290 e. The van der Waals surface area contributed by atoms with E-state index in [9.17, 15) is 9.59 Å².